The van der Waals surface area contributed by atoms with Crippen LogP contribution in [0, 0.1) is 15.9 Å². The first-order valence-corrected chi connectivity index (χ1v) is 12.4. The van der Waals surface area contributed by atoms with Crippen molar-refractivity contribution in [2.45, 2.75) is 19.9 Å². The van der Waals surface area contributed by atoms with Gasteiger partial charge >= 0.3 is 5.97 Å². The zero-order valence-corrected chi connectivity index (χ0v) is 21.0. The minimum Gasteiger partial charge on any atom is -0.463 e. The average molecular weight is 534 g/mol. The van der Waals surface area contributed by atoms with Gasteiger partial charge in [0.25, 0.3) is 11.2 Å². The van der Waals surface area contributed by atoms with Crippen LogP contribution in [0.2, 0.25) is 0 Å². The highest BCUT2D eigenvalue weighted by Gasteiger charge is 2.33. The van der Waals surface area contributed by atoms with Crippen LogP contribution in [-0.4, -0.2) is 22.1 Å². The number of carbonyl (C=O) groups excluding carboxylic acids is 1. The van der Waals surface area contributed by atoms with Crippen molar-refractivity contribution in [1.82, 2.24) is 4.57 Å². The van der Waals surface area contributed by atoms with E-state index >= 15 is 0 Å². The maximum atomic E-state index is 13.7. The third kappa shape index (κ3) is 4.59. The fourth-order valence-electron chi connectivity index (χ4n) is 4.21. The number of benzene rings is 2. The molecule has 1 aliphatic heterocycles. The number of rotatable bonds is 6. The molecule has 2 aromatic carbocycles. The third-order valence-electron chi connectivity index (χ3n) is 5.97. The van der Waals surface area contributed by atoms with E-state index in [2.05, 4.69) is 4.99 Å². The van der Waals surface area contributed by atoms with Crippen molar-refractivity contribution < 1.29 is 23.3 Å². The Balaban J connectivity index is 1.59. The van der Waals surface area contributed by atoms with Gasteiger partial charge in [-0.05, 0) is 55.8 Å². The fraction of sp³-hybridized carbons (Fsp3) is 0.148. The molecule has 0 unspecified atom stereocenters. The van der Waals surface area contributed by atoms with Crippen molar-refractivity contribution in [2.24, 2.45) is 4.99 Å². The van der Waals surface area contributed by atoms with E-state index in [4.69, 9.17) is 9.15 Å². The molecule has 0 saturated carbocycles. The van der Waals surface area contributed by atoms with Crippen molar-refractivity contribution in [3.8, 4) is 11.3 Å². The molecule has 1 atom stereocenters. The topological polar surface area (TPSA) is 117 Å². The zero-order valence-electron chi connectivity index (χ0n) is 20.2. The van der Waals surface area contributed by atoms with Gasteiger partial charge in [0.05, 0.1) is 33.4 Å². The Morgan fingerprint density at radius 3 is 2.55 bits per heavy atom. The minimum absolute atomic E-state index is 0.0326. The smallest absolute Gasteiger partial charge is 0.338 e. The van der Waals surface area contributed by atoms with Gasteiger partial charge in [-0.2, -0.15) is 0 Å². The van der Waals surface area contributed by atoms with Crippen molar-refractivity contribution in [1.29, 1.82) is 0 Å². The molecule has 0 aliphatic carbocycles. The molecule has 9 nitrogen and oxygen atoms in total. The molecule has 0 fully saturated rings. The minimum atomic E-state index is -0.847. The second-order valence-electron chi connectivity index (χ2n) is 8.36. The lowest BCUT2D eigenvalue weighted by molar-refractivity contribution is -0.384. The van der Waals surface area contributed by atoms with Gasteiger partial charge in [0.15, 0.2) is 4.80 Å². The Labute approximate surface area is 218 Å². The molecule has 0 radical (unpaired) electrons. The molecular formula is C27H20FN3O6S. The predicted molar refractivity (Wildman–Crippen MR) is 138 cm³/mol. The highest BCUT2D eigenvalue weighted by atomic mass is 32.1. The molecular weight excluding hydrogens is 513 g/mol. The molecule has 3 heterocycles. The predicted octanol–water partition coefficient (Wildman–Crippen LogP) is 4.11. The second kappa shape index (κ2) is 10.0. The molecule has 0 spiro atoms. The van der Waals surface area contributed by atoms with E-state index < -0.39 is 28.3 Å². The summed E-state index contributed by atoms with van der Waals surface area (Å²) in [6.07, 6.45) is 1.57. The average Bonchev–Trinajstić information content (AvgIpc) is 3.48. The molecule has 0 N–H and O–H groups in total. The molecule has 1 aliphatic rings. The molecule has 4 aromatic rings. The van der Waals surface area contributed by atoms with E-state index in [1.807, 2.05) is 0 Å². The highest BCUT2D eigenvalue weighted by molar-refractivity contribution is 7.07. The lowest BCUT2D eigenvalue weighted by atomic mass is 9.96. The number of hydrogen-bond acceptors (Lipinski definition) is 8. The summed E-state index contributed by atoms with van der Waals surface area (Å²) >= 11 is 1.13. The SMILES string of the molecule is CCOC(=O)C1=C(C)N=c2s/c(=C\c3ccc(-c4ccc([N+](=O)[O-])cc4)o3)c(=O)n2[C@@H]1c1ccc(F)cc1. The monoisotopic (exact) mass is 533 g/mol. The van der Waals surface area contributed by atoms with E-state index in [0.29, 0.717) is 37.7 Å². The normalized spacial score (nSPS) is 15.2. The lowest BCUT2D eigenvalue weighted by Crippen LogP contribution is -2.39. The number of nitro groups is 1. The van der Waals surface area contributed by atoms with E-state index in [0.717, 1.165) is 11.3 Å². The van der Waals surface area contributed by atoms with Crippen LogP contribution in [0.5, 0.6) is 0 Å². The van der Waals surface area contributed by atoms with Gasteiger partial charge < -0.3 is 9.15 Å². The molecule has 192 valence electrons. The van der Waals surface area contributed by atoms with Gasteiger partial charge in [0, 0.05) is 23.8 Å². The van der Waals surface area contributed by atoms with E-state index in [1.165, 1.54) is 41.0 Å². The number of fused-ring (bicyclic) bond motifs is 1. The van der Waals surface area contributed by atoms with Crippen LogP contribution in [0.15, 0.2) is 86.1 Å². The first-order chi connectivity index (χ1) is 18.3. The molecule has 0 amide bonds. The van der Waals surface area contributed by atoms with Crippen LogP contribution in [0.4, 0.5) is 10.1 Å². The Kier molecular flexibility index (Phi) is 6.60. The van der Waals surface area contributed by atoms with Crippen molar-refractivity contribution in [2.75, 3.05) is 6.61 Å². The van der Waals surface area contributed by atoms with E-state index in [-0.39, 0.29) is 17.9 Å². The summed E-state index contributed by atoms with van der Waals surface area (Å²) in [4.78, 5) is 41.8. The number of non-ortho nitro benzene ring substituents is 1. The van der Waals surface area contributed by atoms with Crippen LogP contribution in [0.3, 0.4) is 0 Å². The Hall–Kier alpha value is -4.64. The second-order valence-corrected chi connectivity index (χ2v) is 9.37. The van der Waals surface area contributed by atoms with Crippen molar-refractivity contribution >= 4 is 29.1 Å². The summed E-state index contributed by atoms with van der Waals surface area (Å²) < 4.78 is 26.5. The summed E-state index contributed by atoms with van der Waals surface area (Å²) in [5.41, 5.74) is 1.36. The number of halogens is 1. The third-order valence-corrected chi connectivity index (χ3v) is 6.95. The van der Waals surface area contributed by atoms with Gasteiger partial charge in [-0.15, -0.1) is 0 Å². The highest BCUT2D eigenvalue weighted by Crippen LogP contribution is 2.31. The summed E-state index contributed by atoms with van der Waals surface area (Å²) in [5, 5.41) is 10.9. The maximum Gasteiger partial charge on any atom is 0.338 e. The maximum absolute atomic E-state index is 13.7. The number of thiazole rings is 1. The summed E-state index contributed by atoms with van der Waals surface area (Å²) in [5.74, 6) is -0.177. The van der Waals surface area contributed by atoms with Crippen molar-refractivity contribution in [3.05, 3.63) is 119 Å². The van der Waals surface area contributed by atoms with Crippen LogP contribution in [0.25, 0.3) is 17.4 Å². The Bertz CT molecular complexity index is 1760. The zero-order chi connectivity index (χ0) is 27.0. The molecule has 0 bridgehead atoms. The Morgan fingerprint density at radius 2 is 1.89 bits per heavy atom. The van der Waals surface area contributed by atoms with Gasteiger partial charge in [0.2, 0.25) is 0 Å². The number of hydrogen-bond donors (Lipinski definition) is 0. The first kappa shape index (κ1) is 25.0. The lowest BCUT2D eigenvalue weighted by Gasteiger charge is -2.24. The number of nitrogens with zero attached hydrogens (tertiary/aromatic N) is 3. The summed E-state index contributed by atoms with van der Waals surface area (Å²) in [6.45, 7) is 3.50. The number of allylic oxidation sites excluding steroid dienone is 1. The largest absolute Gasteiger partial charge is 0.463 e. The van der Waals surface area contributed by atoms with Crippen LogP contribution < -0.4 is 14.9 Å². The molecule has 5 rings (SSSR count). The van der Waals surface area contributed by atoms with Gasteiger partial charge in [0.1, 0.15) is 17.3 Å². The number of aromatic nitrogens is 1. The Morgan fingerprint density at radius 1 is 1.18 bits per heavy atom. The van der Waals surface area contributed by atoms with E-state index in [9.17, 15) is 24.1 Å². The van der Waals surface area contributed by atoms with Gasteiger partial charge in [-0.1, -0.05) is 23.5 Å². The molecule has 11 heteroatoms. The molecule has 38 heavy (non-hydrogen) atoms. The number of ether oxygens (including phenoxy) is 1. The summed E-state index contributed by atoms with van der Waals surface area (Å²) in [7, 11) is 0. The first-order valence-electron chi connectivity index (χ1n) is 11.6. The molecule has 0 saturated heterocycles. The number of carbonyl (C=O) groups is 1. The molecule has 2 aromatic heterocycles. The summed E-state index contributed by atoms with van der Waals surface area (Å²) in [6, 6.07) is 14.1. The van der Waals surface area contributed by atoms with Crippen molar-refractivity contribution in [3.63, 3.8) is 0 Å². The van der Waals surface area contributed by atoms with Crippen LogP contribution in [-0.2, 0) is 9.53 Å². The van der Waals surface area contributed by atoms with E-state index in [1.54, 1.807) is 44.2 Å². The fourth-order valence-corrected chi connectivity index (χ4v) is 5.24. The number of esters is 1. The standard InChI is InChI=1S/C27H20FN3O6S/c1-3-36-26(33)23-15(2)29-27-30(24(23)17-4-8-18(28)9-5-17)25(32)22(38-27)14-20-12-13-21(37-20)16-6-10-19(11-7-16)31(34)35/h4-14,24H,3H2,1-2H3/b22-14-/t24-/m1/s1. The number of nitro benzene ring substituents is 1. The van der Waals surface area contributed by atoms with Gasteiger partial charge in [-0.3, -0.25) is 19.5 Å². The van der Waals surface area contributed by atoms with Crippen LogP contribution in [0.1, 0.15) is 31.2 Å². The van der Waals surface area contributed by atoms with Gasteiger partial charge in [-0.25, -0.2) is 14.2 Å². The quantitative estimate of drug-likeness (QED) is 0.209. The van der Waals surface area contributed by atoms with Crippen LogP contribution >= 0.6 is 11.3 Å². The number of furan rings is 1.